The van der Waals surface area contributed by atoms with E-state index >= 15 is 0 Å². The molecule has 0 aliphatic rings. The van der Waals surface area contributed by atoms with E-state index < -0.39 is 0 Å². The van der Waals surface area contributed by atoms with Crippen LogP contribution in [-0.2, 0) is 5.41 Å². The molecule has 7 heteroatoms. The summed E-state index contributed by atoms with van der Waals surface area (Å²) in [5, 5.41) is 12.8. The molecule has 0 aliphatic carbocycles. The number of phenolic OH excluding ortho intramolecular Hbond substituents is 1. The zero-order valence-corrected chi connectivity index (χ0v) is 13.1. The third kappa shape index (κ3) is 3.43. The SMILES string of the molecule is CC(C)(C)c1cc(O)ccc1Nc1nc(=S)[nH]c(=S)[nH]1. The molecule has 5 nitrogen and oxygen atoms in total. The van der Waals surface area contributed by atoms with Crippen LogP contribution in [0.3, 0.4) is 0 Å². The fourth-order valence-corrected chi connectivity index (χ4v) is 2.29. The smallest absolute Gasteiger partial charge is 0.209 e. The van der Waals surface area contributed by atoms with Crippen LogP contribution in [-0.4, -0.2) is 20.1 Å². The Morgan fingerprint density at radius 3 is 2.50 bits per heavy atom. The van der Waals surface area contributed by atoms with Crippen LogP contribution < -0.4 is 5.32 Å². The van der Waals surface area contributed by atoms with Crippen LogP contribution in [0.4, 0.5) is 11.6 Å². The number of hydrogen-bond acceptors (Lipinski definition) is 5. The van der Waals surface area contributed by atoms with E-state index in [2.05, 4.69) is 41.0 Å². The third-order valence-electron chi connectivity index (χ3n) is 2.73. The van der Waals surface area contributed by atoms with Crippen molar-refractivity contribution in [2.75, 3.05) is 5.32 Å². The maximum absolute atomic E-state index is 9.67. The number of H-pyrrole nitrogens is 2. The van der Waals surface area contributed by atoms with Crippen LogP contribution in [0, 0.1) is 9.54 Å². The Bertz CT molecular complexity index is 715. The van der Waals surface area contributed by atoms with Gasteiger partial charge in [-0.05, 0) is 53.6 Å². The fourth-order valence-electron chi connectivity index (χ4n) is 1.84. The molecule has 0 saturated carbocycles. The fraction of sp³-hybridized carbons (Fsp3) is 0.308. The lowest BCUT2D eigenvalue weighted by Crippen LogP contribution is -2.14. The van der Waals surface area contributed by atoms with Crippen LogP contribution in [0.5, 0.6) is 5.75 Å². The number of hydrogen-bond donors (Lipinski definition) is 4. The zero-order valence-electron chi connectivity index (χ0n) is 11.4. The van der Waals surface area contributed by atoms with Crippen molar-refractivity contribution in [3.8, 4) is 5.75 Å². The first-order valence-electron chi connectivity index (χ1n) is 6.07. The molecule has 0 amide bonds. The van der Waals surface area contributed by atoms with E-state index in [0.717, 1.165) is 11.3 Å². The topological polar surface area (TPSA) is 76.7 Å². The highest BCUT2D eigenvalue weighted by Crippen LogP contribution is 2.33. The Hall–Kier alpha value is -1.73. The van der Waals surface area contributed by atoms with E-state index in [1.165, 1.54) is 0 Å². The van der Waals surface area contributed by atoms with Gasteiger partial charge < -0.3 is 20.4 Å². The van der Waals surface area contributed by atoms with Gasteiger partial charge in [0.2, 0.25) is 10.7 Å². The Morgan fingerprint density at radius 2 is 1.90 bits per heavy atom. The summed E-state index contributed by atoms with van der Waals surface area (Å²) in [5.74, 6) is 0.696. The largest absolute Gasteiger partial charge is 0.508 e. The monoisotopic (exact) mass is 308 g/mol. The normalized spacial score (nSPS) is 11.3. The Kier molecular flexibility index (Phi) is 3.92. The third-order valence-corrected chi connectivity index (χ3v) is 3.13. The van der Waals surface area contributed by atoms with Crippen molar-refractivity contribution in [2.24, 2.45) is 0 Å². The van der Waals surface area contributed by atoms with Crippen LogP contribution in [0.15, 0.2) is 18.2 Å². The van der Waals surface area contributed by atoms with Gasteiger partial charge in [0.15, 0.2) is 4.77 Å². The van der Waals surface area contributed by atoms with Gasteiger partial charge in [-0.15, -0.1) is 0 Å². The average Bonchev–Trinajstić information content (AvgIpc) is 2.28. The first kappa shape index (κ1) is 14.7. The number of benzene rings is 1. The summed E-state index contributed by atoms with van der Waals surface area (Å²) in [5.41, 5.74) is 1.68. The molecule has 0 spiro atoms. The highest BCUT2D eigenvalue weighted by Gasteiger charge is 2.19. The lowest BCUT2D eigenvalue weighted by atomic mass is 9.85. The van der Waals surface area contributed by atoms with Crippen molar-refractivity contribution in [1.82, 2.24) is 15.0 Å². The molecule has 0 radical (unpaired) electrons. The van der Waals surface area contributed by atoms with Crippen LogP contribution in [0.2, 0.25) is 0 Å². The predicted molar refractivity (Wildman–Crippen MR) is 84.7 cm³/mol. The second-order valence-electron chi connectivity index (χ2n) is 5.45. The summed E-state index contributed by atoms with van der Waals surface area (Å²) < 4.78 is 0.718. The molecule has 0 aliphatic heterocycles. The van der Waals surface area contributed by atoms with Crippen molar-refractivity contribution >= 4 is 36.1 Å². The maximum atomic E-state index is 9.67. The summed E-state index contributed by atoms with van der Waals surface area (Å²) in [6, 6.07) is 5.16. The quantitative estimate of drug-likeness (QED) is 0.499. The maximum Gasteiger partial charge on any atom is 0.209 e. The molecular weight excluding hydrogens is 292 g/mol. The molecular formula is C13H16N4OS2. The number of rotatable bonds is 2. The molecule has 2 rings (SSSR count). The second kappa shape index (κ2) is 5.34. The zero-order chi connectivity index (χ0) is 14.9. The minimum absolute atomic E-state index is 0.129. The molecule has 0 unspecified atom stereocenters. The summed E-state index contributed by atoms with van der Waals surface area (Å²) in [7, 11) is 0. The standard InChI is InChI=1S/C13H16N4OS2/c1-13(2,3)8-6-7(18)4-5-9(8)14-10-15-11(19)17-12(20)16-10/h4-6,18H,1-3H3,(H3,14,15,16,17,19,20). The minimum atomic E-state index is -0.129. The number of aromatic amines is 2. The van der Waals surface area contributed by atoms with Crippen molar-refractivity contribution in [3.63, 3.8) is 0 Å². The van der Waals surface area contributed by atoms with Crippen molar-refractivity contribution in [3.05, 3.63) is 33.3 Å². The first-order chi connectivity index (χ1) is 9.25. The number of nitrogens with one attached hydrogen (secondary N) is 3. The van der Waals surface area contributed by atoms with E-state index in [-0.39, 0.29) is 11.2 Å². The molecule has 1 aromatic carbocycles. The van der Waals surface area contributed by atoms with Gasteiger partial charge >= 0.3 is 0 Å². The molecule has 20 heavy (non-hydrogen) atoms. The molecule has 2 aromatic rings. The molecule has 0 atom stereocenters. The number of phenols is 1. The van der Waals surface area contributed by atoms with Gasteiger partial charge in [0.1, 0.15) is 5.75 Å². The van der Waals surface area contributed by atoms with E-state index in [4.69, 9.17) is 24.4 Å². The van der Waals surface area contributed by atoms with Crippen LogP contribution >= 0.6 is 24.4 Å². The van der Waals surface area contributed by atoms with E-state index in [9.17, 15) is 5.11 Å². The van der Waals surface area contributed by atoms with Gasteiger partial charge in [-0.1, -0.05) is 20.8 Å². The predicted octanol–water partition coefficient (Wildman–Crippen LogP) is 3.94. The molecule has 4 N–H and O–H groups in total. The number of aromatic nitrogens is 3. The van der Waals surface area contributed by atoms with E-state index in [0.29, 0.717) is 15.5 Å². The lowest BCUT2D eigenvalue weighted by Gasteiger charge is -2.23. The summed E-state index contributed by atoms with van der Waals surface area (Å²) >= 11 is 10.0. The molecule has 1 heterocycles. The Balaban J connectivity index is 2.48. The summed E-state index contributed by atoms with van der Waals surface area (Å²) in [6.45, 7) is 6.21. The highest BCUT2D eigenvalue weighted by molar-refractivity contribution is 7.71. The van der Waals surface area contributed by atoms with Gasteiger partial charge in [-0.25, -0.2) is 0 Å². The van der Waals surface area contributed by atoms with Crippen molar-refractivity contribution in [1.29, 1.82) is 0 Å². The van der Waals surface area contributed by atoms with Crippen molar-refractivity contribution in [2.45, 2.75) is 26.2 Å². The minimum Gasteiger partial charge on any atom is -0.508 e. The molecule has 0 saturated heterocycles. The lowest BCUT2D eigenvalue weighted by molar-refractivity contribution is 0.471. The Morgan fingerprint density at radius 1 is 1.20 bits per heavy atom. The number of nitrogens with zero attached hydrogens (tertiary/aromatic N) is 1. The van der Waals surface area contributed by atoms with Gasteiger partial charge in [-0.3, -0.25) is 0 Å². The first-order valence-corrected chi connectivity index (χ1v) is 6.88. The van der Waals surface area contributed by atoms with Gasteiger partial charge in [-0.2, -0.15) is 4.98 Å². The second-order valence-corrected chi connectivity index (χ2v) is 6.24. The summed E-state index contributed by atoms with van der Waals surface area (Å²) in [4.78, 5) is 9.77. The van der Waals surface area contributed by atoms with Crippen LogP contribution in [0.1, 0.15) is 26.3 Å². The highest BCUT2D eigenvalue weighted by atomic mass is 32.1. The molecule has 0 bridgehead atoms. The number of anilines is 2. The van der Waals surface area contributed by atoms with Crippen LogP contribution in [0.25, 0.3) is 0 Å². The average molecular weight is 308 g/mol. The van der Waals surface area contributed by atoms with Crippen molar-refractivity contribution < 1.29 is 5.11 Å². The molecule has 106 valence electrons. The Labute approximate surface area is 127 Å². The van der Waals surface area contributed by atoms with Gasteiger partial charge in [0, 0.05) is 5.69 Å². The molecule has 1 aromatic heterocycles. The van der Waals surface area contributed by atoms with Gasteiger partial charge in [0.05, 0.1) is 0 Å². The van der Waals surface area contributed by atoms with E-state index in [1.54, 1.807) is 18.2 Å². The van der Waals surface area contributed by atoms with E-state index in [1.807, 2.05) is 0 Å². The number of aromatic hydroxyl groups is 1. The summed E-state index contributed by atoms with van der Waals surface area (Å²) in [6.07, 6.45) is 0. The molecule has 0 fully saturated rings. The van der Waals surface area contributed by atoms with Gasteiger partial charge in [0.25, 0.3) is 0 Å².